The molecular weight excluding hydrogens is 320 g/mol. The molecule has 3 rings (SSSR count). The van der Waals surface area contributed by atoms with Crippen molar-refractivity contribution in [3.05, 3.63) is 66.2 Å². The molecule has 0 fully saturated rings. The molecule has 2 aromatic carbocycles. The second-order valence-electron chi connectivity index (χ2n) is 5.10. The van der Waals surface area contributed by atoms with E-state index in [9.17, 15) is 0 Å². The smallest absolute Gasteiger partial charge is 0.128 e. The molecule has 0 radical (unpaired) electrons. The Morgan fingerprint density at radius 1 is 0.875 bits per heavy atom. The van der Waals surface area contributed by atoms with Gasteiger partial charge in [0, 0.05) is 11.3 Å². The van der Waals surface area contributed by atoms with Gasteiger partial charge in [0.05, 0.1) is 19.9 Å². The van der Waals surface area contributed by atoms with Crippen molar-refractivity contribution in [3.63, 3.8) is 0 Å². The highest BCUT2D eigenvalue weighted by atomic mass is 32.2. The highest BCUT2D eigenvalue weighted by Crippen LogP contribution is 2.32. The number of ether oxygens (including phenoxy) is 2. The van der Waals surface area contributed by atoms with Crippen molar-refractivity contribution in [3.8, 4) is 22.8 Å². The van der Waals surface area contributed by atoms with E-state index in [1.165, 1.54) is 5.56 Å². The normalized spacial score (nSPS) is 10.4. The maximum Gasteiger partial charge on any atom is 0.128 e. The third kappa shape index (κ3) is 3.86. The molecule has 0 aliphatic rings. The molecule has 0 aliphatic heterocycles. The first-order valence-electron chi connectivity index (χ1n) is 7.53. The zero-order chi connectivity index (χ0) is 16.8. The van der Waals surface area contributed by atoms with Gasteiger partial charge >= 0.3 is 0 Å². The van der Waals surface area contributed by atoms with Crippen molar-refractivity contribution in [2.24, 2.45) is 0 Å². The van der Waals surface area contributed by atoms with Crippen molar-refractivity contribution in [1.82, 2.24) is 10.2 Å². The molecule has 1 heterocycles. The molecule has 1 aromatic heterocycles. The van der Waals surface area contributed by atoms with Crippen LogP contribution in [0.2, 0.25) is 0 Å². The monoisotopic (exact) mass is 338 g/mol. The predicted octanol–water partition coefficient (Wildman–Crippen LogP) is 4.45. The Morgan fingerprint density at radius 2 is 1.71 bits per heavy atom. The summed E-state index contributed by atoms with van der Waals surface area (Å²) in [5.41, 5.74) is 2.89. The van der Waals surface area contributed by atoms with Gasteiger partial charge in [0.25, 0.3) is 0 Å². The van der Waals surface area contributed by atoms with Gasteiger partial charge in [-0.05, 0) is 35.9 Å². The third-order valence-electron chi connectivity index (χ3n) is 3.55. The quantitative estimate of drug-likeness (QED) is 0.621. The summed E-state index contributed by atoms with van der Waals surface area (Å²) in [5.74, 6) is 2.38. The van der Waals surface area contributed by atoms with Crippen molar-refractivity contribution >= 4 is 11.8 Å². The van der Waals surface area contributed by atoms with E-state index in [1.807, 2.05) is 48.5 Å². The Balaban J connectivity index is 1.77. The van der Waals surface area contributed by atoms with Crippen LogP contribution in [-0.4, -0.2) is 24.4 Å². The zero-order valence-corrected chi connectivity index (χ0v) is 14.4. The summed E-state index contributed by atoms with van der Waals surface area (Å²) < 4.78 is 10.7. The number of aromatic nitrogens is 2. The van der Waals surface area contributed by atoms with E-state index >= 15 is 0 Å². The SMILES string of the molecule is COc1ccc(OC)c(-c2ccc(SCc3ccccc3)nn2)c1. The van der Waals surface area contributed by atoms with Crippen LogP contribution in [-0.2, 0) is 5.75 Å². The minimum atomic E-state index is 0.745. The van der Waals surface area contributed by atoms with Crippen molar-refractivity contribution in [2.75, 3.05) is 14.2 Å². The lowest BCUT2D eigenvalue weighted by molar-refractivity contribution is 0.404. The summed E-state index contributed by atoms with van der Waals surface area (Å²) in [6.07, 6.45) is 0. The molecule has 0 saturated heterocycles. The molecule has 0 unspecified atom stereocenters. The average Bonchev–Trinajstić information content (AvgIpc) is 2.67. The van der Waals surface area contributed by atoms with Crippen LogP contribution in [0.4, 0.5) is 0 Å². The van der Waals surface area contributed by atoms with Crippen LogP contribution in [0.5, 0.6) is 11.5 Å². The predicted molar refractivity (Wildman–Crippen MR) is 96.6 cm³/mol. The van der Waals surface area contributed by atoms with Gasteiger partial charge in [-0.1, -0.05) is 42.1 Å². The fraction of sp³-hybridized carbons (Fsp3) is 0.158. The van der Waals surface area contributed by atoms with Crippen LogP contribution in [0.25, 0.3) is 11.3 Å². The summed E-state index contributed by atoms with van der Waals surface area (Å²) in [6, 6.07) is 19.9. The lowest BCUT2D eigenvalue weighted by Gasteiger charge is -2.10. The van der Waals surface area contributed by atoms with E-state index in [2.05, 4.69) is 22.3 Å². The number of hydrogen-bond donors (Lipinski definition) is 0. The van der Waals surface area contributed by atoms with E-state index in [0.29, 0.717) is 0 Å². The van der Waals surface area contributed by atoms with Crippen LogP contribution in [0.15, 0.2) is 65.7 Å². The molecule has 3 aromatic rings. The maximum atomic E-state index is 5.41. The Morgan fingerprint density at radius 3 is 2.38 bits per heavy atom. The van der Waals surface area contributed by atoms with Gasteiger partial charge in [-0.2, -0.15) is 0 Å². The highest BCUT2D eigenvalue weighted by molar-refractivity contribution is 7.98. The fourth-order valence-corrected chi connectivity index (χ4v) is 3.06. The Bertz CT molecular complexity index is 792. The fourth-order valence-electron chi connectivity index (χ4n) is 2.29. The molecule has 0 amide bonds. The molecule has 24 heavy (non-hydrogen) atoms. The van der Waals surface area contributed by atoms with Gasteiger partial charge in [-0.15, -0.1) is 10.2 Å². The van der Waals surface area contributed by atoms with Gasteiger partial charge < -0.3 is 9.47 Å². The lowest BCUT2D eigenvalue weighted by atomic mass is 10.1. The Hall–Kier alpha value is -2.53. The summed E-state index contributed by atoms with van der Waals surface area (Å²) in [5, 5.41) is 9.55. The maximum absolute atomic E-state index is 5.41. The molecule has 0 aliphatic carbocycles. The number of nitrogens with zero attached hydrogens (tertiary/aromatic N) is 2. The summed E-state index contributed by atoms with van der Waals surface area (Å²) in [7, 11) is 3.28. The first-order chi connectivity index (χ1) is 11.8. The summed E-state index contributed by atoms with van der Waals surface area (Å²) in [6.45, 7) is 0. The van der Waals surface area contributed by atoms with E-state index < -0.39 is 0 Å². The second-order valence-corrected chi connectivity index (χ2v) is 6.09. The van der Waals surface area contributed by atoms with Crippen LogP contribution >= 0.6 is 11.8 Å². The molecule has 0 spiro atoms. The van der Waals surface area contributed by atoms with Gasteiger partial charge in [0.15, 0.2) is 0 Å². The van der Waals surface area contributed by atoms with E-state index in [1.54, 1.807) is 26.0 Å². The molecular formula is C19H18N2O2S. The number of hydrogen-bond acceptors (Lipinski definition) is 5. The van der Waals surface area contributed by atoms with Gasteiger partial charge in [0.1, 0.15) is 16.5 Å². The molecule has 4 nitrogen and oxygen atoms in total. The first-order valence-corrected chi connectivity index (χ1v) is 8.51. The molecule has 0 saturated carbocycles. The highest BCUT2D eigenvalue weighted by Gasteiger charge is 2.10. The molecule has 5 heteroatoms. The molecule has 0 bridgehead atoms. The van der Waals surface area contributed by atoms with Crippen molar-refractivity contribution in [2.45, 2.75) is 10.8 Å². The molecule has 0 atom stereocenters. The van der Waals surface area contributed by atoms with Crippen molar-refractivity contribution in [1.29, 1.82) is 0 Å². The summed E-state index contributed by atoms with van der Waals surface area (Å²) >= 11 is 1.67. The van der Waals surface area contributed by atoms with Crippen LogP contribution in [0.1, 0.15) is 5.56 Å². The first kappa shape index (κ1) is 16.3. The zero-order valence-electron chi connectivity index (χ0n) is 13.6. The van der Waals surface area contributed by atoms with Crippen LogP contribution in [0, 0.1) is 0 Å². The van der Waals surface area contributed by atoms with Gasteiger partial charge in [0.2, 0.25) is 0 Å². The molecule has 122 valence electrons. The lowest BCUT2D eigenvalue weighted by Crippen LogP contribution is -1.94. The number of rotatable bonds is 6. The van der Waals surface area contributed by atoms with E-state index in [0.717, 1.165) is 33.5 Å². The summed E-state index contributed by atoms with van der Waals surface area (Å²) in [4.78, 5) is 0. The van der Waals surface area contributed by atoms with Crippen LogP contribution < -0.4 is 9.47 Å². The number of thioether (sulfide) groups is 1. The van der Waals surface area contributed by atoms with Crippen LogP contribution in [0.3, 0.4) is 0 Å². The second kappa shape index (κ2) is 7.84. The minimum absolute atomic E-state index is 0.745. The molecule has 0 N–H and O–H groups in total. The largest absolute Gasteiger partial charge is 0.497 e. The standard InChI is InChI=1S/C19H18N2O2S/c1-22-15-8-10-18(23-2)16(12-15)17-9-11-19(21-20-17)24-13-14-6-4-3-5-7-14/h3-12H,13H2,1-2H3. The van der Waals surface area contributed by atoms with Gasteiger partial charge in [-0.25, -0.2) is 0 Å². The minimum Gasteiger partial charge on any atom is -0.497 e. The van der Waals surface area contributed by atoms with Gasteiger partial charge in [-0.3, -0.25) is 0 Å². The number of benzene rings is 2. The number of methoxy groups -OCH3 is 2. The third-order valence-corrected chi connectivity index (χ3v) is 4.54. The van der Waals surface area contributed by atoms with E-state index in [-0.39, 0.29) is 0 Å². The average molecular weight is 338 g/mol. The topological polar surface area (TPSA) is 44.2 Å². The van der Waals surface area contributed by atoms with Crippen molar-refractivity contribution < 1.29 is 9.47 Å². The Labute approximate surface area is 145 Å². The Kier molecular flexibility index (Phi) is 5.33. The van der Waals surface area contributed by atoms with E-state index in [4.69, 9.17) is 9.47 Å².